The molecule has 0 saturated heterocycles. The van der Waals surface area contributed by atoms with Gasteiger partial charge in [-0.3, -0.25) is 0 Å². The van der Waals surface area contributed by atoms with Crippen LogP contribution < -0.4 is 10.2 Å². The summed E-state index contributed by atoms with van der Waals surface area (Å²) < 4.78 is 0. The predicted octanol–water partition coefficient (Wildman–Crippen LogP) is 1.95. The Balaban J connectivity index is 2.19. The summed E-state index contributed by atoms with van der Waals surface area (Å²) in [6.07, 6.45) is 2.37. The second-order valence-electron chi connectivity index (χ2n) is 3.82. The molecule has 0 radical (unpaired) electrons. The van der Waals surface area contributed by atoms with E-state index in [1.165, 1.54) is 12.8 Å². The van der Waals surface area contributed by atoms with Gasteiger partial charge in [0.15, 0.2) is 0 Å². The van der Waals surface area contributed by atoms with Gasteiger partial charge in [-0.15, -0.1) is 0 Å². The molecule has 0 atom stereocenters. The molecule has 1 fully saturated rings. The van der Waals surface area contributed by atoms with Crippen LogP contribution in [0, 0.1) is 0 Å². The molecule has 0 amide bonds. The van der Waals surface area contributed by atoms with Crippen molar-refractivity contribution in [2.45, 2.75) is 32.7 Å². The molecule has 6 heteroatoms. The molecule has 1 aromatic rings. The van der Waals surface area contributed by atoms with Crippen molar-refractivity contribution < 1.29 is 0 Å². The SMILES string of the molecule is CCN(CC)c1nc(Cl)nc(NC2CC2)n1. The van der Waals surface area contributed by atoms with Gasteiger partial charge in [-0.05, 0) is 38.3 Å². The Labute approximate surface area is 100 Å². The summed E-state index contributed by atoms with van der Waals surface area (Å²) in [5, 5.41) is 3.48. The summed E-state index contributed by atoms with van der Waals surface area (Å²) in [6.45, 7) is 5.85. The van der Waals surface area contributed by atoms with E-state index >= 15 is 0 Å². The molecular formula is C10H16ClN5. The molecule has 0 bridgehead atoms. The zero-order valence-corrected chi connectivity index (χ0v) is 10.3. The Morgan fingerprint density at radius 3 is 2.50 bits per heavy atom. The summed E-state index contributed by atoms with van der Waals surface area (Å²) in [5.41, 5.74) is 0. The minimum absolute atomic E-state index is 0.250. The van der Waals surface area contributed by atoms with E-state index in [4.69, 9.17) is 11.6 Å². The van der Waals surface area contributed by atoms with Crippen LogP contribution in [0.2, 0.25) is 5.28 Å². The Bertz CT molecular complexity index is 362. The van der Waals surface area contributed by atoms with Gasteiger partial charge in [-0.2, -0.15) is 15.0 Å². The number of aromatic nitrogens is 3. The van der Waals surface area contributed by atoms with Crippen molar-refractivity contribution in [1.29, 1.82) is 0 Å². The van der Waals surface area contributed by atoms with Gasteiger partial charge in [-0.1, -0.05) is 0 Å². The fraction of sp³-hybridized carbons (Fsp3) is 0.700. The summed E-state index contributed by atoms with van der Waals surface area (Å²) >= 11 is 5.88. The topological polar surface area (TPSA) is 53.9 Å². The van der Waals surface area contributed by atoms with E-state index in [0.29, 0.717) is 17.9 Å². The molecule has 1 saturated carbocycles. The van der Waals surface area contributed by atoms with Gasteiger partial charge in [0, 0.05) is 19.1 Å². The second kappa shape index (κ2) is 4.82. The van der Waals surface area contributed by atoms with Crippen LogP contribution >= 0.6 is 11.6 Å². The molecule has 1 N–H and O–H groups in total. The van der Waals surface area contributed by atoms with E-state index in [1.807, 2.05) is 4.90 Å². The van der Waals surface area contributed by atoms with Crippen LogP contribution in [-0.4, -0.2) is 34.1 Å². The van der Waals surface area contributed by atoms with Crippen LogP contribution in [0.15, 0.2) is 0 Å². The maximum atomic E-state index is 5.88. The number of nitrogens with zero attached hydrogens (tertiary/aromatic N) is 4. The van der Waals surface area contributed by atoms with Gasteiger partial charge in [-0.25, -0.2) is 0 Å². The number of hydrogen-bond donors (Lipinski definition) is 1. The molecular weight excluding hydrogens is 226 g/mol. The van der Waals surface area contributed by atoms with E-state index in [9.17, 15) is 0 Å². The summed E-state index contributed by atoms with van der Waals surface area (Å²) in [7, 11) is 0. The standard InChI is InChI=1S/C10H16ClN5/c1-3-16(4-2)10-14-8(11)13-9(15-10)12-7-5-6-7/h7H,3-6H2,1-2H3,(H,12,13,14,15). The monoisotopic (exact) mass is 241 g/mol. The van der Waals surface area contributed by atoms with E-state index in [1.54, 1.807) is 0 Å². The Hall–Kier alpha value is -1.10. The smallest absolute Gasteiger partial charge is 0.231 e. The highest BCUT2D eigenvalue weighted by Gasteiger charge is 2.22. The zero-order valence-electron chi connectivity index (χ0n) is 9.57. The lowest BCUT2D eigenvalue weighted by atomic mass is 10.5. The third-order valence-corrected chi connectivity index (χ3v) is 2.72. The van der Waals surface area contributed by atoms with Crippen LogP contribution in [0.1, 0.15) is 26.7 Å². The molecule has 0 aliphatic heterocycles. The summed E-state index contributed by atoms with van der Waals surface area (Å²) in [6, 6.07) is 0.517. The van der Waals surface area contributed by atoms with Crippen molar-refractivity contribution in [3.63, 3.8) is 0 Å². The first-order valence-corrected chi connectivity index (χ1v) is 6.03. The second-order valence-corrected chi connectivity index (χ2v) is 4.16. The van der Waals surface area contributed by atoms with E-state index < -0.39 is 0 Å². The van der Waals surface area contributed by atoms with Gasteiger partial charge in [0.2, 0.25) is 17.2 Å². The maximum absolute atomic E-state index is 5.88. The van der Waals surface area contributed by atoms with E-state index in [-0.39, 0.29) is 5.28 Å². The van der Waals surface area contributed by atoms with E-state index in [0.717, 1.165) is 13.1 Å². The maximum Gasteiger partial charge on any atom is 0.231 e. The predicted molar refractivity (Wildman–Crippen MR) is 65.0 cm³/mol. The van der Waals surface area contributed by atoms with Crippen LogP contribution in [0.3, 0.4) is 0 Å². The molecule has 2 rings (SSSR count). The van der Waals surface area contributed by atoms with Gasteiger partial charge < -0.3 is 10.2 Å². The quantitative estimate of drug-likeness (QED) is 0.854. The number of halogens is 1. The molecule has 0 spiro atoms. The highest BCUT2D eigenvalue weighted by atomic mass is 35.5. The van der Waals surface area contributed by atoms with Crippen LogP contribution in [0.25, 0.3) is 0 Å². The lowest BCUT2D eigenvalue weighted by Gasteiger charge is -2.18. The average Bonchev–Trinajstić information content (AvgIpc) is 3.03. The Morgan fingerprint density at radius 2 is 1.94 bits per heavy atom. The van der Waals surface area contributed by atoms with Gasteiger partial charge >= 0.3 is 0 Å². The molecule has 1 aliphatic rings. The fourth-order valence-electron chi connectivity index (χ4n) is 1.46. The fourth-order valence-corrected chi connectivity index (χ4v) is 1.62. The van der Waals surface area contributed by atoms with Crippen LogP contribution in [0.5, 0.6) is 0 Å². The Morgan fingerprint density at radius 1 is 1.25 bits per heavy atom. The molecule has 0 unspecified atom stereocenters. The number of hydrogen-bond acceptors (Lipinski definition) is 5. The molecule has 1 heterocycles. The van der Waals surface area contributed by atoms with Crippen molar-refractivity contribution in [1.82, 2.24) is 15.0 Å². The van der Waals surface area contributed by atoms with Crippen molar-refractivity contribution in [2.24, 2.45) is 0 Å². The van der Waals surface area contributed by atoms with Gasteiger partial charge in [0.25, 0.3) is 0 Å². The molecule has 88 valence electrons. The largest absolute Gasteiger partial charge is 0.351 e. The minimum atomic E-state index is 0.250. The number of anilines is 2. The minimum Gasteiger partial charge on any atom is -0.351 e. The molecule has 1 aromatic heterocycles. The van der Waals surface area contributed by atoms with Crippen LogP contribution in [-0.2, 0) is 0 Å². The first-order chi connectivity index (χ1) is 7.72. The molecule has 5 nitrogen and oxygen atoms in total. The number of rotatable bonds is 5. The molecule has 0 aromatic carbocycles. The molecule has 16 heavy (non-hydrogen) atoms. The summed E-state index contributed by atoms with van der Waals surface area (Å²) in [4.78, 5) is 14.6. The van der Waals surface area contributed by atoms with Gasteiger partial charge in [0.05, 0.1) is 0 Å². The zero-order chi connectivity index (χ0) is 11.5. The third kappa shape index (κ3) is 2.72. The highest BCUT2D eigenvalue weighted by molar-refractivity contribution is 6.28. The van der Waals surface area contributed by atoms with Crippen molar-refractivity contribution in [3.8, 4) is 0 Å². The van der Waals surface area contributed by atoms with Crippen LogP contribution in [0.4, 0.5) is 11.9 Å². The average molecular weight is 242 g/mol. The lowest BCUT2D eigenvalue weighted by molar-refractivity contribution is 0.811. The third-order valence-electron chi connectivity index (χ3n) is 2.55. The first-order valence-electron chi connectivity index (χ1n) is 5.66. The lowest BCUT2D eigenvalue weighted by Crippen LogP contribution is -2.25. The summed E-state index contributed by atoms with van der Waals surface area (Å²) in [5.74, 6) is 1.23. The highest BCUT2D eigenvalue weighted by Crippen LogP contribution is 2.24. The Kier molecular flexibility index (Phi) is 3.43. The van der Waals surface area contributed by atoms with Crippen molar-refractivity contribution >= 4 is 23.5 Å². The first kappa shape index (κ1) is 11.4. The van der Waals surface area contributed by atoms with E-state index in [2.05, 4.69) is 34.1 Å². The number of nitrogens with one attached hydrogen (secondary N) is 1. The van der Waals surface area contributed by atoms with Crippen molar-refractivity contribution in [3.05, 3.63) is 5.28 Å². The molecule has 1 aliphatic carbocycles. The van der Waals surface area contributed by atoms with Gasteiger partial charge in [0.1, 0.15) is 0 Å². The van der Waals surface area contributed by atoms with Crippen molar-refractivity contribution in [2.75, 3.05) is 23.3 Å². The normalized spacial score (nSPS) is 14.9.